The lowest BCUT2D eigenvalue weighted by Gasteiger charge is -2.31. The molecule has 1 unspecified atom stereocenters. The number of carbonyl (C=O) groups excluding carboxylic acids is 1. The van der Waals surface area contributed by atoms with Gasteiger partial charge in [0, 0.05) is 45.4 Å². The molecule has 1 atom stereocenters. The molecule has 2 aromatic carbocycles. The van der Waals surface area contributed by atoms with Gasteiger partial charge in [-0.3, -0.25) is 9.69 Å². The fourth-order valence-corrected chi connectivity index (χ4v) is 5.14. The molecule has 1 heterocycles. The van der Waals surface area contributed by atoms with Gasteiger partial charge in [0.15, 0.2) is 0 Å². The van der Waals surface area contributed by atoms with E-state index in [1.807, 2.05) is 43.3 Å². The maximum Gasteiger partial charge on any atom is 0.253 e. The molecule has 2 aromatic rings. The van der Waals surface area contributed by atoms with Crippen molar-refractivity contribution in [3.05, 3.63) is 64.7 Å². The molecule has 5 rings (SSSR count). The van der Waals surface area contributed by atoms with E-state index < -0.39 is 0 Å². The number of piperidine rings is 1. The normalized spacial score (nSPS) is 21.1. The average Bonchev–Trinajstić information content (AvgIpc) is 3.59. The summed E-state index contributed by atoms with van der Waals surface area (Å²) in [5.41, 5.74) is 4.88. The van der Waals surface area contributed by atoms with Crippen molar-refractivity contribution in [1.29, 1.82) is 0 Å². The van der Waals surface area contributed by atoms with Crippen LogP contribution in [0.3, 0.4) is 0 Å². The third-order valence-electron chi connectivity index (χ3n) is 7.61. The highest BCUT2D eigenvalue weighted by Gasteiger charge is 2.29. The molecule has 1 amide bonds. The molecule has 2 fully saturated rings. The highest BCUT2D eigenvalue weighted by molar-refractivity contribution is 5.94. The highest BCUT2D eigenvalue weighted by Crippen LogP contribution is 2.30. The van der Waals surface area contributed by atoms with Crippen LogP contribution in [-0.2, 0) is 24.1 Å². The molecular weight excluding hydrogens is 412 g/mol. The molecule has 0 bridgehead atoms. The van der Waals surface area contributed by atoms with E-state index in [-0.39, 0.29) is 11.9 Å². The number of hydrogen-bond acceptors (Lipinski definition) is 4. The zero-order chi connectivity index (χ0) is 22.8. The van der Waals surface area contributed by atoms with Crippen molar-refractivity contribution in [2.75, 3.05) is 33.9 Å². The van der Waals surface area contributed by atoms with Gasteiger partial charge in [0.05, 0.1) is 12.7 Å². The SMILES string of the molecule is COC1CCN(Cc2ccc3c(c2)CC(N(C)C(=O)c2ccc(OCC4CC4)cc2)C3)CC1. The summed E-state index contributed by atoms with van der Waals surface area (Å²) in [6.07, 6.45) is 7.06. The topological polar surface area (TPSA) is 42.0 Å². The quantitative estimate of drug-likeness (QED) is 0.603. The largest absolute Gasteiger partial charge is 0.493 e. The molecular formula is C28H36N2O3. The predicted octanol–water partition coefficient (Wildman–Crippen LogP) is 4.33. The number of ether oxygens (including phenoxy) is 2. The molecule has 3 aliphatic rings. The zero-order valence-corrected chi connectivity index (χ0v) is 20.0. The maximum absolute atomic E-state index is 13.1. The van der Waals surface area contributed by atoms with Crippen molar-refractivity contribution in [3.63, 3.8) is 0 Å². The number of amides is 1. The van der Waals surface area contributed by atoms with Crippen molar-refractivity contribution >= 4 is 5.91 Å². The van der Waals surface area contributed by atoms with Gasteiger partial charge in [-0.25, -0.2) is 0 Å². The standard InChI is InChI=1S/C28H36N2O3/c1-29(28(31)22-7-9-27(10-8-22)33-19-20-3-4-20)25-16-23-6-5-21(15-24(23)17-25)18-30-13-11-26(32-2)12-14-30/h5-10,15,20,25-26H,3-4,11-14,16-19H2,1-2H3. The molecule has 1 saturated carbocycles. The van der Waals surface area contributed by atoms with Gasteiger partial charge >= 0.3 is 0 Å². The van der Waals surface area contributed by atoms with Crippen LogP contribution in [0.4, 0.5) is 0 Å². The minimum atomic E-state index is 0.0859. The van der Waals surface area contributed by atoms with Crippen LogP contribution >= 0.6 is 0 Å². The first-order chi connectivity index (χ1) is 16.1. The summed E-state index contributed by atoms with van der Waals surface area (Å²) in [6.45, 7) is 3.99. The third-order valence-corrected chi connectivity index (χ3v) is 7.61. The molecule has 176 valence electrons. The average molecular weight is 449 g/mol. The lowest BCUT2D eigenvalue weighted by molar-refractivity contribution is 0.0388. The number of hydrogen-bond donors (Lipinski definition) is 0. The van der Waals surface area contributed by atoms with Gasteiger partial charge in [0.25, 0.3) is 5.91 Å². The third kappa shape index (κ3) is 5.42. The second kappa shape index (κ2) is 9.86. The summed E-state index contributed by atoms with van der Waals surface area (Å²) in [7, 11) is 3.76. The summed E-state index contributed by atoms with van der Waals surface area (Å²) in [5.74, 6) is 1.67. The van der Waals surface area contributed by atoms with Gasteiger partial charge in [0.2, 0.25) is 0 Å². The monoisotopic (exact) mass is 448 g/mol. The van der Waals surface area contributed by atoms with Crippen LogP contribution in [0.2, 0.25) is 0 Å². The number of rotatable bonds is 8. The van der Waals surface area contributed by atoms with Gasteiger partial charge in [-0.15, -0.1) is 0 Å². The van der Waals surface area contributed by atoms with Crippen LogP contribution in [0.5, 0.6) is 5.75 Å². The number of carbonyl (C=O) groups is 1. The van der Waals surface area contributed by atoms with E-state index in [1.165, 1.54) is 29.5 Å². The van der Waals surface area contributed by atoms with Crippen molar-refractivity contribution in [1.82, 2.24) is 9.80 Å². The summed E-state index contributed by atoms with van der Waals surface area (Å²) >= 11 is 0. The number of likely N-dealkylation sites (N-methyl/N-ethyl adjacent to an activating group) is 1. The molecule has 0 spiro atoms. The van der Waals surface area contributed by atoms with E-state index >= 15 is 0 Å². The van der Waals surface area contributed by atoms with Crippen molar-refractivity contribution in [2.45, 2.75) is 57.2 Å². The first-order valence-electron chi connectivity index (χ1n) is 12.4. The predicted molar refractivity (Wildman–Crippen MR) is 130 cm³/mol. The molecule has 0 N–H and O–H groups in total. The van der Waals surface area contributed by atoms with E-state index in [2.05, 4.69) is 23.1 Å². The lowest BCUT2D eigenvalue weighted by Crippen LogP contribution is -2.37. The molecule has 5 nitrogen and oxygen atoms in total. The number of fused-ring (bicyclic) bond motifs is 1. The van der Waals surface area contributed by atoms with Crippen molar-refractivity contribution in [2.24, 2.45) is 5.92 Å². The lowest BCUT2D eigenvalue weighted by atomic mass is 10.0. The van der Waals surface area contributed by atoms with Crippen LogP contribution in [0, 0.1) is 5.92 Å². The fourth-order valence-electron chi connectivity index (χ4n) is 5.14. The van der Waals surface area contributed by atoms with Gasteiger partial charge in [-0.1, -0.05) is 18.2 Å². The Labute approximate surface area is 197 Å². The highest BCUT2D eigenvalue weighted by atomic mass is 16.5. The Balaban J connectivity index is 1.16. The maximum atomic E-state index is 13.1. The molecule has 33 heavy (non-hydrogen) atoms. The smallest absolute Gasteiger partial charge is 0.253 e. The van der Waals surface area contributed by atoms with Crippen LogP contribution in [0.1, 0.15) is 52.7 Å². The number of nitrogens with zero attached hydrogens (tertiary/aromatic N) is 2. The molecule has 2 aliphatic carbocycles. The Bertz CT molecular complexity index is 962. The molecule has 0 aromatic heterocycles. The first kappa shape index (κ1) is 22.4. The van der Waals surface area contributed by atoms with E-state index in [9.17, 15) is 4.79 Å². The Morgan fingerprint density at radius 1 is 1.00 bits per heavy atom. The summed E-state index contributed by atoms with van der Waals surface area (Å²) in [4.78, 5) is 17.6. The van der Waals surface area contributed by atoms with E-state index in [0.29, 0.717) is 6.10 Å². The Hall–Kier alpha value is -2.37. The molecule has 1 aliphatic heterocycles. The van der Waals surface area contributed by atoms with E-state index in [4.69, 9.17) is 9.47 Å². The summed E-state index contributed by atoms with van der Waals surface area (Å²) in [5, 5.41) is 0. The van der Waals surface area contributed by atoms with Gasteiger partial charge in [-0.2, -0.15) is 0 Å². The molecule has 0 radical (unpaired) electrons. The van der Waals surface area contributed by atoms with Gasteiger partial charge < -0.3 is 14.4 Å². The van der Waals surface area contributed by atoms with Crippen LogP contribution in [0.15, 0.2) is 42.5 Å². The first-order valence-corrected chi connectivity index (χ1v) is 12.4. The minimum Gasteiger partial charge on any atom is -0.493 e. The molecule has 1 saturated heterocycles. The van der Waals surface area contributed by atoms with Crippen molar-refractivity contribution < 1.29 is 14.3 Å². The second-order valence-corrected chi connectivity index (χ2v) is 10.1. The Morgan fingerprint density at radius 2 is 1.73 bits per heavy atom. The van der Waals surface area contributed by atoms with Crippen LogP contribution in [0.25, 0.3) is 0 Å². The number of likely N-dealkylation sites (tertiary alicyclic amines) is 1. The van der Waals surface area contributed by atoms with Gasteiger partial charge in [-0.05, 0) is 85.4 Å². The number of benzene rings is 2. The Morgan fingerprint density at radius 3 is 2.42 bits per heavy atom. The Kier molecular flexibility index (Phi) is 6.70. The summed E-state index contributed by atoms with van der Waals surface area (Å²) in [6, 6.07) is 14.8. The van der Waals surface area contributed by atoms with Crippen LogP contribution < -0.4 is 4.74 Å². The second-order valence-electron chi connectivity index (χ2n) is 10.1. The fraction of sp³-hybridized carbons (Fsp3) is 0.536. The number of methoxy groups -OCH3 is 1. The minimum absolute atomic E-state index is 0.0859. The molecule has 5 heteroatoms. The van der Waals surface area contributed by atoms with E-state index in [1.54, 1.807) is 0 Å². The van der Waals surface area contributed by atoms with Gasteiger partial charge in [0.1, 0.15) is 5.75 Å². The summed E-state index contributed by atoms with van der Waals surface area (Å²) < 4.78 is 11.3. The van der Waals surface area contributed by atoms with E-state index in [0.717, 1.165) is 69.2 Å². The zero-order valence-electron chi connectivity index (χ0n) is 20.0. The van der Waals surface area contributed by atoms with Crippen LogP contribution in [-0.4, -0.2) is 61.7 Å². The van der Waals surface area contributed by atoms with Crippen molar-refractivity contribution in [3.8, 4) is 5.75 Å².